The zero-order valence-corrected chi connectivity index (χ0v) is 8.59. The monoisotopic (exact) mass is 168 g/mol. The zero-order chi connectivity index (χ0) is 9.35. The average Bonchev–Trinajstić information content (AvgIpc) is 1.83. The van der Waals surface area contributed by atoms with Crippen LogP contribution in [0.2, 0.25) is 0 Å². The van der Waals surface area contributed by atoms with Crippen LogP contribution in [0.15, 0.2) is 11.6 Å². The highest BCUT2D eigenvalue weighted by molar-refractivity contribution is 5.07. The van der Waals surface area contributed by atoms with E-state index in [1.54, 1.807) is 0 Å². The van der Waals surface area contributed by atoms with Crippen LogP contribution in [-0.2, 0) is 0 Å². The summed E-state index contributed by atoms with van der Waals surface area (Å²) in [5.74, 6) is 1.05. The maximum atomic E-state index is 9.87. The van der Waals surface area contributed by atoms with Gasteiger partial charge in [0.05, 0.1) is 5.60 Å². The van der Waals surface area contributed by atoms with Gasteiger partial charge in [0.1, 0.15) is 0 Å². The van der Waals surface area contributed by atoms with E-state index in [1.807, 2.05) is 13.8 Å². The van der Waals surface area contributed by atoms with E-state index in [2.05, 4.69) is 19.9 Å². The van der Waals surface area contributed by atoms with E-state index >= 15 is 0 Å². The molecule has 0 aromatic carbocycles. The Bertz CT molecular complexity index is 186. The number of hydrogen-bond donors (Lipinski definition) is 1. The second-order valence-corrected chi connectivity index (χ2v) is 4.73. The fourth-order valence-electron chi connectivity index (χ4n) is 2.28. The van der Waals surface area contributed by atoms with Crippen LogP contribution in [-0.4, -0.2) is 10.7 Å². The molecule has 1 aliphatic rings. The summed E-state index contributed by atoms with van der Waals surface area (Å²) in [4.78, 5) is 0. The molecule has 0 aromatic rings. The molecular formula is C11H20O. The molecule has 1 nitrogen and oxygen atoms in total. The molecule has 0 heterocycles. The Kier molecular flexibility index (Phi) is 2.62. The molecule has 0 radical (unpaired) electrons. The molecular weight excluding hydrogens is 148 g/mol. The van der Waals surface area contributed by atoms with Crippen molar-refractivity contribution in [3.63, 3.8) is 0 Å². The molecule has 0 amide bonds. The van der Waals surface area contributed by atoms with Gasteiger partial charge in [-0.15, -0.1) is 0 Å². The third kappa shape index (κ3) is 2.10. The minimum absolute atomic E-state index is 0.432. The van der Waals surface area contributed by atoms with Crippen molar-refractivity contribution >= 4 is 0 Å². The van der Waals surface area contributed by atoms with Gasteiger partial charge in [-0.1, -0.05) is 18.6 Å². The Labute approximate surface area is 75.5 Å². The van der Waals surface area contributed by atoms with E-state index in [1.165, 1.54) is 5.57 Å². The van der Waals surface area contributed by atoms with Crippen molar-refractivity contribution in [3.05, 3.63) is 11.6 Å². The summed E-state index contributed by atoms with van der Waals surface area (Å²) in [7, 11) is 0. The van der Waals surface area contributed by atoms with E-state index in [4.69, 9.17) is 0 Å². The second kappa shape index (κ2) is 3.21. The molecule has 2 atom stereocenters. The minimum atomic E-state index is -0.517. The highest BCUT2D eigenvalue weighted by Crippen LogP contribution is 2.35. The van der Waals surface area contributed by atoms with Crippen LogP contribution in [0.1, 0.15) is 40.5 Å². The van der Waals surface area contributed by atoms with Crippen LogP contribution in [0.25, 0.3) is 0 Å². The highest BCUT2D eigenvalue weighted by atomic mass is 16.3. The van der Waals surface area contributed by atoms with Crippen LogP contribution >= 0.6 is 0 Å². The standard InChI is InChI=1S/C11H20O/c1-8-5-6-10(9(2)7-8)11(3,4)12/h5,9-10,12H,6-7H2,1-4H3. The molecule has 2 unspecified atom stereocenters. The Morgan fingerprint density at radius 1 is 1.50 bits per heavy atom. The first-order valence-corrected chi connectivity index (χ1v) is 4.79. The summed E-state index contributed by atoms with van der Waals surface area (Å²) in [5, 5.41) is 9.87. The van der Waals surface area contributed by atoms with Crippen molar-refractivity contribution in [1.82, 2.24) is 0 Å². The summed E-state index contributed by atoms with van der Waals surface area (Å²) in [6.45, 7) is 8.25. The first-order chi connectivity index (χ1) is 5.41. The molecule has 1 N–H and O–H groups in total. The van der Waals surface area contributed by atoms with Gasteiger partial charge in [0.15, 0.2) is 0 Å². The van der Waals surface area contributed by atoms with Crippen molar-refractivity contribution in [2.75, 3.05) is 0 Å². The molecule has 70 valence electrons. The van der Waals surface area contributed by atoms with Crippen LogP contribution in [0, 0.1) is 11.8 Å². The van der Waals surface area contributed by atoms with Gasteiger partial charge < -0.3 is 5.11 Å². The molecule has 1 aliphatic carbocycles. The summed E-state index contributed by atoms with van der Waals surface area (Å²) < 4.78 is 0. The molecule has 0 bridgehead atoms. The van der Waals surface area contributed by atoms with Gasteiger partial charge >= 0.3 is 0 Å². The topological polar surface area (TPSA) is 20.2 Å². The van der Waals surface area contributed by atoms with Crippen molar-refractivity contribution in [2.45, 2.75) is 46.1 Å². The normalized spacial score (nSPS) is 31.6. The maximum Gasteiger partial charge on any atom is 0.0625 e. The van der Waals surface area contributed by atoms with Gasteiger partial charge in [0.25, 0.3) is 0 Å². The van der Waals surface area contributed by atoms with E-state index in [0.717, 1.165) is 12.8 Å². The molecule has 0 saturated heterocycles. The van der Waals surface area contributed by atoms with E-state index in [9.17, 15) is 5.11 Å². The number of allylic oxidation sites excluding steroid dienone is 2. The fourth-order valence-corrected chi connectivity index (χ4v) is 2.28. The van der Waals surface area contributed by atoms with Gasteiger partial charge in [-0.2, -0.15) is 0 Å². The summed E-state index contributed by atoms with van der Waals surface area (Å²) in [6.07, 6.45) is 4.45. The predicted molar refractivity (Wildman–Crippen MR) is 51.9 cm³/mol. The van der Waals surface area contributed by atoms with E-state index < -0.39 is 5.60 Å². The third-order valence-corrected chi connectivity index (χ3v) is 2.96. The number of rotatable bonds is 1. The minimum Gasteiger partial charge on any atom is -0.390 e. The summed E-state index contributed by atoms with van der Waals surface area (Å²) in [6, 6.07) is 0. The average molecular weight is 168 g/mol. The van der Waals surface area contributed by atoms with Gasteiger partial charge in [-0.3, -0.25) is 0 Å². The van der Waals surface area contributed by atoms with E-state index in [0.29, 0.717) is 11.8 Å². The smallest absolute Gasteiger partial charge is 0.0625 e. The highest BCUT2D eigenvalue weighted by Gasteiger charge is 2.32. The molecule has 0 saturated carbocycles. The zero-order valence-electron chi connectivity index (χ0n) is 8.59. The lowest BCUT2D eigenvalue weighted by atomic mass is 9.73. The van der Waals surface area contributed by atoms with E-state index in [-0.39, 0.29) is 0 Å². The summed E-state index contributed by atoms with van der Waals surface area (Å²) in [5.41, 5.74) is 0.958. The van der Waals surface area contributed by atoms with Crippen LogP contribution in [0.4, 0.5) is 0 Å². The van der Waals surface area contributed by atoms with Gasteiger partial charge in [0.2, 0.25) is 0 Å². The van der Waals surface area contributed by atoms with Gasteiger partial charge in [-0.05, 0) is 45.4 Å². The second-order valence-electron chi connectivity index (χ2n) is 4.73. The largest absolute Gasteiger partial charge is 0.390 e. The molecule has 12 heavy (non-hydrogen) atoms. The third-order valence-electron chi connectivity index (χ3n) is 2.96. The Balaban J connectivity index is 2.70. The molecule has 0 aromatic heterocycles. The molecule has 1 rings (SSSR count). The van der Waals surface area contributed by atoms with Crippen molar-refractivity contribution in [1.29, 1.82) is 0 Å². The van der Waals surface area contributed by atoms with Gasteiger partial charge in [0, 0.05) is 0 Å². The van der Waals surface area contributed by atoms with Crippen LogP contribution in [0.5, 0.6) is 0 Å². The van der Waals surface area contributed by atoms with Crippen LogP contribution in [0.3, 0.4) is 0 Å². The lowest BCUT2D eigenvalue weighted by Gasteiger charge is -2.36. The van der Waals surface area contributed by atoms with Crippen molar-refractivity contribution < 1.29 is 5.11 Å². The Morgan fingerprint density at radius 3 is 2.50 bits per heavy atom. The first kappa shape index (κ1) is 9.79. The van der Waals surface area contributed by atoms with Crippen LogP contribution < -0.4 is 0 Å². The molecule has 0 spiro atoms. The predicted octanol–water partition coefficient (Wildman–Crippen LogP) is 2.75. The Morgan fingerprint density at radius 2 is 2.08 bits per heavy atom. The van der Waals surface area contributed by atoms with Gasteiger partial charge in [-0.25, -0.2) is 0 Å². The SMILES string of the molecule is CC1=CCC(C(C)(C)O)C(C)C1. The quantitative estimate of drug-likeness (QED) is 0.597. The maximum absolute atomic E-state index is 9.87. The lowest BCUT2D eigenvalue weighted by molar-refractivity contribution is -0.00827. The molecule has 0 aliphatic heterocycles. The Hall–Kier alpha value is -0.300. The number of hydrogen-bond acceptors (Lipinski definition) is 1. The molecule has 0 fully saturated rings. The van der Waals surface area contributed by atoms with Crippen molar-refractivity contribution in [3.8, 4) is 0 Å². The molecule has 1 heteroatoms. The lowest BCUT2D eigenvalue weighted by Crippen LogP contribution is -2.36. The van der Waals surface area contributed by atoms with Crippen molar-refractivity contribution in [2.24, 2.45) is 11.8 Å². The number of aliphatic hydroxyl groups is 1. The fraction of sp³-hybridized carbons (Fsp3) is 0.818. The first-order valence-electron chi connectivity index (χ1n) is 4.79. The summed E-state index contributed by atoms with van der Waals surface area (Å²) >= 11 is 0.